The lowest BCUT2D eigenvalue weighted by atomic mass is 10.2. The smallest absolute Gasteiger partial charge is 0.183 e. The molecule has 5 nitrogen and oxygen atoms in total. The van der Waals surface area contributed by atoms with Crippen molar-refractivity contribution in [2.24, 2.45) is 0 Å². The minimum atomic E-state index is 0. The predicted molar refractivity (Wildman–Crippen MR) is 70.9 cm³/mol. The van der Waals surface area contributed by atoms with Crippen molar-refractivity contribution in [3.63, 3.8) is 0 Å². The Morgan fingerprint density at radius 3 is 2.76 bits per heavy atom. The van der Waals surface area contributed by atoms with Crippen molar-refractivity contribution in [3.8, 4) is 6.07 Å². The Hall–Kier alpha value is -1.09. The lowest BCUT2D eigenvalue weighted by Gasteiger charge is -2.34. The van der Waals surface area contributed by atoms with Crippen LogP contribution in [0.25, 0.3) is 0 Å². The van der Waals surface area contributed by atoms with Crippen LogP contribution in [0.1, 0.15) is 12.6 Å². The molecule has 1 N–H and O–H groups in total. The van der Waals surface area contributed by atoms with Crippen molar-refractivity contribution in [1.82, 2.24) is 15.3 Å². The summed E-state index contributed by atoms with van der Waals surface area (Å²) in [5.41, 5.74) is 0.409. The van der Waals surface area contributed by atoms with Crippen LogP contribution in [0.2, 0.25) is 0 Å². The Bertz CT molecular complexity index is 393. The molecule has 0 aliphatic carbocycles. The number of nitriles is 1. The van der Waals surface area contributed by atoms with E-state index in [-0.39, 0.29) is 24.8 Å². The van der Waals surface area contributed by atoms with Gasteiger partial charge < -0.3 is 10.2 Å². The van der Waals surface area contributed by atoms with E-state index >= 15 is 0 Å². The van der Waals surface area contributed by atoms with E-state index in [1.165, 1.54) is 0 Å². The summed E-state index contributed by atoms with van der Waals surface area (Å²) in [5.74, 6) is 0.703. The van der Waals surface area contributed by atoms with Gasteiger partial charge in [0.2, 0.25) is 0 Å². The van der Waals surface area contributed by atoms with Crippen LogP contribution < -0.4 is 10.2 Å². The quantitative estimate of drug-likeness (QED) is 0.828. The van der Waals surface area contributed by atoms with Gasteiger partial charge in [-0.2, -0.15) is 5.26 Å². The van der Waals surface area contributed by atoms with Crippen LogP contribution in [0.15, 0.2) is 12.4 Å². The van der Waals surface area contributed by atoms with Crippen LogP contribution in [0.5, 0.6) is 0 Å². The van der Waals surface area contributed by atoms with Gasteiger partial charge in [0.15, 0.2) is 11.5 Å². The van der Waals surface area contributed by atoms with Crippen molar-refractivity contribution >= 4 is 30.6 Å². The zero-order valence-corrected chi connectivity index (χ0v) is 11.1. The largest absolute Gasteiger partial charge is 0.349 e. The van der Waals surface area contributed by atoms with Crippen LogP contribution in [0.3, 0.4) is 0 Å². The fraction of sp³-hybridized carbons (Fsp3) is 0.500. The van der Waals surface area contributed by atoms with Gasteiger partial charge in [-0.15, -0.1) is 24.8 Å². The van der Waals surface area contributed by atoms with E-state index < -0.39 is 0 Å². The van der Waals surface area contributed by atoms with E-state index in [1.807, 2.05) is 0 Å². The molecule has 2 rings (SSSR count). The number of hydrogen-bond acceptors (Lipinski definition) is 5. The molecular formula is C10H15Cl2N5. The van der Waals surface area contributed by atoms with Crippen LogP contribution in [0.4, 0.5) is 5.82 Å². The van der Waals surface area contributed by atoms with Gasteiger partial charge >= 0.3 is 0 Å². The molecular weight excluding hydrogens is 261 g/mol. The predicted octanol–water partition coefficient (Wildman–Crippen LogP) is 0.990. The van der Waals surface area contributed by atoms with Gasteiger partial charge in [-0.05, 0) is 6.92 Å². The Kier molecular flexibility index (Phi) is 6.81. The number of hydrogen-bond donors (Lipinski definition) is 1. The van der Waals surface area contributed by atoms with Crippen molar-refractivity contribution in [1.29, 1.82) is 5.26 Å². The van der Waals surface area contributed by atoms with E-state index in [2.05, 4.69) is 33.2 Å². The number of rotatable bonds is 1. The third kappa shape index (κ3) is 3.43. The summed E-state index contributed by atoms with van der Waals surface area (Å²) < 4.78 is 0. The average molecular weight is 276 g/mol. The lowest BCUT2D eigenvalue weighted by molar-refractivity contribution is 0.496. The molecule has 1 saturated heterocycles. The van der Waals surface area contributed by atoms with Crippen molar-refractivity contribution in [2.45, 2.75) is 13.0 Å². The summed E-state index contributed by atoms with van der Waals surface area (Å²) in [6, 6.07) is 2.43. The van der Waals surface area contributed by atoms with Crippen molar-refractivity contribution in [2.75, 3.05) is 24.5 Å². The van der Waals surface area contributed by atoms with Gasteiger partial charge in [0.05, 0.1) is 0 Å². The average Bonchev–Trinajstić information content (AvgIpc) is 2.30. The normalized spacial score (nSPS) is 18.6. The van der Waals surface area contributed by atoms with Crippen LogP contribution in [-0.2, 0) is 0 Å². The number of piperazine rings is 1. The topological polar surface area (TPSA) is 64.8 Å². The zero-order valence-electron chi connectivity index (χ0n) is 9.46. The molecule has 1 aromatic heterocycles. The van der Waals surface area contributed by atoms with Gasteiger partial charge in [0.25, 0.3) is 0 Å². The second-order valence-electron chi connectivity index (χ2n) is 3.59. The van der Waals surface area contributed by atoms with Gasteiger partial charge in [0.1, 0.15) is 6.07 Å². The molecule has 7 heteroatoms. The van der Waals surface area contributed by atoms with Crippen molar-refractivity contribution in [3.05, 3.63) is 18.1 Å². The molecule has 0 unspecified atom stereocenters. The zero-order chi connectivity index (χ0) is 10.7. The molecule has 0 spiro atoms. The van der Waals surface area contributed by atoms with E-state index in [9.17, 15) is 0 Å². The minimum Gasteiger partial charge on any atom is -0.349 e. The SMILES string of the molecule is C[C@H]1CNCCN1c1nccnc1C#N.Cl.Cl. The van der Waals surface area contributed by atoms with Crippen LogP contribution in [-0.4, -0.2) is 35.6 Å². The molecule has 1 aromatic rings. The maximum absolute atomic E-state index is 8.94. The summed E-state index contributed by atoms with van der Waals surface area (Å²) in [7, 11) is 0. The highest BCUT2D eigenvalue weighted by Gasteiger charge is 2.21. The van der Waals surface area contributed by atoms with Crippen LogP contribution in [0, 0.1) is 11.3 Å². The number of nitrogens with zero attached hydrogens (tertiary/aromatic N) is 4. The van der Waals surface area contributed by atoms with E-state index in [0.717, 1.165) is 19.6 Å². The summed E-state index contributed by atoms with van der Waals surface area (Å²) in [5, 5.41) is 12.2. The summed E-state index contributed by atoms with van der Waals surface area (Å²) in [6.07, 6.45) is 3.18. The first-order valence-corrected chi connectivity index (χ1v) is 5.01. The second-order valence-corrected chi connectivity index (χ2v) is 3.59. The molecule has 0 radical (unpaired) electrons. The van der Waals surface area contributed by atoms with Gasteiger partial charge in [-0.3, -0.25) is 0 Å². The molecule has 0 bridgehead atoms. The molecule has 17 heavy (non-hydrogen) atoms. The number of nitrogens with one attached hydrogen (secondary N) is 1. The van der Waals surface area contributed by atoms with Crippen molar-refractivity contribution < 1.29 is 0 Å². The first-order valence-electron chi connectivity index (χ1n) is 5.01. The standard InChI is InChI=1S/C10H13N5.2ClH/c1-8-7-12-4-5-15(8)10-9(6-11)13-2-3-14-10;;/h2-3,8,12H,4-5,7H2,1H3;2*1H/t8-;;/m0../s1. The van der Waals surface area contributed by atoms with E-state index in [0.29, 0.717) is 17.6 Å². The maximum Gasteiger partial charge on any atom is 0.183 e. The molecule has 94 valence electrons. The fourth-order valence-electron chi connectivity index (χ4n) is 1.78. The third-order valence-corrected chi connectivity index (χ3v) is 2.56. The van der Waals surface area contributed by atoms with E-state index in [4.69, 9.17) is 5.26 Å². The second kappa shape index (κ2) is 7.28. The highest BCUT2D eigenvalue weighted by molar-refractivity contribution is 5.85. The molecule has 0 aromatic carbocycles. The molecule has 1 aliphatic heterocycles. The number of aromatic nitrogens is 2. The Balaban J connectivity index is 0.00000128. The molecule has 1 aliphatic rings. The maximum atomic E-state index is 8.94. The minimum absolute atomic E-state index is 0. The number of halogens is 2. The Morgan fingerprint density at radius 1 is 1.41 bits per heavy atom. The molecule has 0 amide bonds. The van der Waals surface area contributed by atoms with E-state index in [1.54, 1.807) is 12.4 Å². The molecule has 2 heterocycles. The van der Waals surface area contributed by atoms with Gasteiger partial charge in [-0.1, -0.05) is 0 Å². The molecule has 1 fully saturated rings. The summed E-state index contributed by atoms with van der Waals surface area (Å²) >= 11 is 0. The summed E-state index contributed by atoms with van der Waals surface area (Å²) in [4.78, 5) is 10.4. The lowest BCUT2D eigenvalue weighted by Crippen LogP contribution is -2.50. The van der Waals surface area contributed by atoms with Gasteiger partial charge in [-0.25, -0.2) is 9.97 Å². The monoisotopic (exact) mass is 275 g/mol. The number of anilines is 1. The Labute approximate surface area is 113 Å². The third-order valence-electron chi connectivity index (χ3n) is 2.56. The Morgan fingerprint density at radius 2 is 2.12 bits per heavy atom. The fourth-order valence-corrected chi connectivity index (χ4v) is 1.78. The highest BCUT2D eigenvalue weighted by Crippen LogP contribution is 2.17. The highest BCUT2D eigenvalue weighted by atomic mass is 35.5. The van der Waals surface area contributed by atoms with Crippen LogP contribution >= 0.6 is 24.8 Å². The summed E-state index contributed by atoms with van der Waals surface area (Å²) in [6.45, 7) is 4.82. The van der Waals surface area contributed by atoms with Gasteiger partial charge in [0, 0.05) is 38.1 Å². The molecule has 0 saturated carbocycles. The molecule has 1 atom stereocenters. The first-order chi connectivity index (χ1) is 7.33. The first kappa shape index (κ1) is 15.9.